The van der Waals surface area contributed by atoms with Gasteiger partial charge in [0.15, 0.2) is 0 Å². The van der Waals surface area contributed by atoms with E-state index in [1.807, 2.05) is 0 Å². The molecular formula is C44H26O. The van der Waals surface area contributed by atoms with E-state index >= 15 is 0 Å². The minimum Gasteiger partial charge on any atom is -0.455 e. The molecule has 0 bridgehead atoms. The van der Waals surface area contributed by atoms with E-state index in [1.165, 1.54) is 0 Å². The van der Waals surface area contributed by atoms with Crippen LogP contribution in [-0.4, -0.2) is 0 Å². The molecule has 1 nitrogen and oxygen atoms in total. The van der Waals surface area contributed by atoms with Crippen LogP contribution >= 0.6 is 0 Å². The minimum absolute atomic E-state index is 0.432. The third-order valence-corrected chi connectivity index (χ3v) is 7.75. The Bertz CT molecular complexity index is 4180. The average molecular weight is 597 g/mol. The zero-order valence-electron chi connectivity index (χ0n) is 48.4. The van der Waals surface area contributed by atoms with Crippen molar-refractivity contribution in [2.45, 2.75) is 0 Å². The highest BCUT2D eigenvalue weighted by Crippen LogP contribution is 2.47. The van der Waals surface area contributed by atoms with E-state index in [0.717, 1.165) is 0 Å². The van der Waals surface area contributed by atoms with Gasteiger partial charge >= 0.3 is 0 Å². The maximum Gasteiger partial charge on any atom is 0.143 e. The number of benzene rings is 9. The summed E-state index contributed by atoms with van der Waals surface area (Å²) in [6, 6.07) is -22.6. The fraction of sp³-hybridized carbons (Fsp3) is 0. The van der Waals surface area contributed by atoms with Crippen LogP contribution in [0.2, 0.25) is 0 Å². The Balaban J connectivity index is 1.56. The molecule has 9 aromatic carbocycles. The maximum atomic E-state index is 9.84. The van der Waals surface area contributed by atoms with Gasteiger partial charge < -0.3 is 4.42 Å². The fourth-order valence-corrected chi connectivity index (χ4v) is 5.94. The summed E-state index contributed by atoms with van der Waals surface area (Å²) in [5.74, 6) is 0. The van der Waals surface area contributed by atoms with Gasteiger partial charge in [0, 0.05) is 21.9 Å². The van der Waals surface area contributed by atoms with Gasteiger partial charge in [0.05, 0.1) is 35.6 Å². The first kappa shape index (κ1) is 10.3. The minimum atomic E-state index is -0.960. The zero-order valence-corrected chi connectivity index (χ0v) is 22.4. The monoisotopic (exact) mass is 596 g/mol. The molecule has 0 radical (unpaired) electrons. The van der Waals surface area contributed by atoms with Gasteiger partial charge in [-0.3, -0.25) is 0 Å². The lowest BCUT2D eigenvalue weighted by Crippen LogP contribution is -1.90. The molecule has 208 valence electrons. The molecule has 0 aliphatic heterocycles. The molecule has 0 aliphatic rings. The second-order valence-corrected chi connectivity index (χ2v) is 10.0. The van der Waals surface area contributed by atoms with Gasteiger partial charge in [0.2, 0.25) is 0 Å². The number of furan rings is 1. The highest BCUT2D eigenvalue weighted by molar-refractivity contribution is 6.29. The lowest BCUT2D eigenvalue weighted by atomic mass is 9.85. The summed E-state index contributed by atoms with van der Waals surface area (Å²) in [5, 5.41) is -6.43. The normalized spacial score (nSPS) is 20.1. The summed E-state index contributed by atoms with van der Waals surface area (Å²) in [6.07, 6.45) is 0. The second kappa shape index (κ2) is 9.29. The molecule has 0 saturated heterocycles. The molecule has 1 aromatic heterocycles. The van der Waals surface area contributed by atoms with Crippen LogP contribution in [-0.2, 0) is 0 Å². The van der Waals surface area contributed by atoms with E-state index in [-0.39, 0.29) is 0 Å². The number of hydrogen-bond donors (Lipinski definition) is 0. The van der Waals surface area contributed by atoms with Crippen molar-refractivity contribution in [2.75, 3.05) is 0 Å². The molecule has 45 heavy (non-hydrogen) atoms. The molecule has 0 fully saturated rings. The zero-order chi connectivity index (χ0) is 52.1. The van der Waals surface area contributed by atoms with Crippen molar-refractivity contribution in [3.05, 3.63) is 157 Å². The fourth-order valence-electron chi connectivity index (χ4n) is 5.94. The predicted octanol–water partition coefficient (Wildman–Crippen LogP) is 12.7. The van der Waals surface area contributed by atoms with Crippen LogP contribution in [0.1, 0.15) is 35.6 Å². The van der Waals surface area contributed by atoms with Gasteiger partial charge in [-0.05, 0) is 77.1 Å². The van der Waals surface area contributed by atoms with Crippen LogP contribution < -0.4 is 0 Å². The van der Waals surface area contributed by atoms with E-state index in [0.29, 0.717) is 0 Å². The maximum absolute atomic E-state index is 9.84. The van der Waals surface area contributed by atoms with Crippen LogP contribution in [0.25, 0.3) is 98.1 Å². The SMILES string of the molecule is [2H]c1c([2H])c([2H])c(-c2c3c([2H])c([2H])c([2H])c([2H])c3c(-c3c([2H])c([2H])c([2H])c4c3oc3c([2H])c5c6c([2H])c([2H])c([2H])c([2H])c6c6c([2H])c([2H])c([2H])c([2H])c6c5c([2H])c34)c3c([2H])c([2H])c([2H])c([2H])c23)c([2H])c1[2H]. The summed E-state index contributed by atoms with van der Waals surface area (Å²) >= 11 is 0. The highest BCUT2D eigenvalue weighted by atomic mass is 16.3. The molecule has 1 heteroatoms. The van der Waals surface area contributed by atoms with Crippen LogP contribution in [0, 0.1) is 0 Å². The first-order chi connectivity index (χ1) is 33.2. The van der Waals surface area contributed by atoms with Crippen LogP contribution in [0.15, 0.2) is 162 Å². The second-order valence-electron chi connectivity index (χ2n) is 10.0. The Morgan fingerprint density at radius 1 is 0.333 bits per heavy atom. The standard InChI is InChI=1S/C44H26O/c1-2-13-27(14-3-1)42-32-19-8-10-21-34(32)43(35-22-11-9-20-33(35)42)37-24-12-23-36-40-25-38-30-17-6-4-15-28(30)29-16-5-7-18-31(29)39(38)26-41(40)45-44(36)37/h1-26H/i1D,2D,3D,4D,5D,6D,7D,8D,9D,10D,11D,12D,13D,14D,15D,16D,17D,18D,19D,20D,21D,22D,23D,24D,25D,26D. The van der Waals surface area contributed by atoms with Gasteiger partial charge in [-0.1, -0.05) is 145 Å². The van der Waals surface area contributed by atoms with Crippen LogP contribution in [0.3, 0.4) is 0 Å². The molecular weight excluding hydrogens is 544 g/mol. The van der Waals surface area contributed by atoms with E-state index in [9.17, 15) is 12.3 Å². The highest BCUT2D eigenvalue weighted by Gasteiger charge is 2.21. The molecule has 0 saturated carbocycles. The molecule has 10 aromatic rings. The molecule has 0 unspecified atom stereocenters. The van der Waals surface area contributed by atoms with Crippen molar-refractivity contribution in [1.82, 2.24) is 0 Å². The third kappa shape index (κ3) is 3.44. The van der Waals surface area contributed by atoms with Gasteiger partial charge in [0.1, 0.15) is 11.2 Å². The lowest BCUT2D eigenvalue weighted by Gasteiger charge is -2.17. The number of para-hydroxylation sites is 1. The Morgan fingerprint density at radius 2 is 0.778 bits per heavy atom. The Morgan fingerprint density at radius 3 is 1.36 bits per heavy atom. The van der Waals surface area contributed by atoms with E-state index in [1.54, 1.807) is 0 Å². The van der Waals surface area contributed by atoms with Crippen molar-refractivity contribution in [2.24, 2.45) is 0 Å². The number of fused-ring (bicyclic) bond motifs is 11. The quantitative estimate of drug-likeness (QED) is 0.143. The van der Waals surface area contributed by atoms with Crippen molar-refractivity contribution in [1.29, 1.82) is 0 Å². The van der Waals surface area contributed by atoms with Gasteiger partial charge in [-0.2, -0.15) is 0 Å². The van der Waals surface area contributed by atoms with Gasteiger partial charge in [-0.15, -0.1) is 0 Å². The molecule has 1 heterocycles. The average Bonchev–Trinajstić information content (AvgIpc) is 3.75. The van der Waals surface area contributed by atoms with Crippen molar-refractivity contribution in [3.63, 3.8) is 0 Å². The summed E-state index contributed by atoms with van der Waals surface area (Å²) < 4.78 is 240. The summed E-state index contributed by atoms with van der Waals surface area (Å²) in [5.41, 5.74) is -4.05. The van der Waals surface area contributed by atoms with E-state index in [4.69, 9.17) is 27.7 Å². The Hall–Kier alpha value is -5.92. The molecule has 0 spiro atoms. The van der Waals surface area contributed by atoms with Crippen LogP contribution in [0.5, 0.6) is 0 Å². The molecule has 0 atom stereocenters. The van der Waals surface area contributed by atoms with Gasteiger partial charge in [-0.25, -0.2) is 0 Å². The number of rotatable bonds is 2. The molecule has 0 amide bonds. The predicted molar refractivity (Wildman–Crippen MR) is 192 cm³/mol. The number of hydrogen-bond acceptors (Lipinski definition) is 1. The van der Waals surface area contributed by atoms with E-state index < -0.39 is 255 Å². The first-order valence-corrected chi connectivity index (χ1v) is 13.4. The van der Waals surface area contributed by atoms with Gasteiger partial charge in [0.25, 0.3) is 0 Å². The largest absolute Gasteiger partial charge is 0.455 e. The topological polar surface area (TPSA) is 13.1 Å². The molecule has 0 aliphatic carbocycles. The Kier molecular flexibility index (Phi) is 2.13. The lowest BCUT2D eigenvalue weighted by molar-refractivity contribution is 0.670. The van der Waals surface area contributed by atoms with E-state index in [2.05, 4.69) is 0 Å². The molecule has 0 N–H and O–H groups in total. The van der Waals surface area contributed by atoms with Crippen LogP contribution in [0.4, 0.5) is 0 Å². The first-order valence-electron chi connectivity index (χ1n) is 26.4. The Labute approximate surface area is 296 Å². The third-order valence-electron chi connectivity index (χ3n) is 7.75. The summed E-state index contributed by atoms with van der Waals surface area (Å²) in [6.45, 7) is 0. The summed E-state index contributed by atoms with van der Waals surface area (Å²) in [4.78, 5) is 0. The van der Waals surface area contributed by atoms with Crippen molar-refractivity contribution < 1.29 is 40.1 Å². The smallest absolute Gasteiger partial charge is 0.143 e. The van der Waals surface area contributed by atoms with Crippen molar-refractivity contribution in [3.8, 4) is 22.3 Å². The molecule has 10 rings (SSSR count). The van der Waals surface area contributed by atoms with Crippen molar-refractivity contribution >= 4 is 75.8 Å². The summed E-state index contributed by atoms with van der Waals surface area (Å²) in [7, 11) is 0.